The van der Waals surface area contributed by atoms with Gasteiger partial charge in [-0.15, -0.1) is 0 Å². The lowest BCUT2D eigenvalue weighted by Gasteiger charge is -2.05. The maximum Gasteiger partial charge on any atom is 0.144 e. The monoisotopic (exact) mass is 204 g/mol. The molecule has 15 heavy (non-hydrogen) atoms. The molecule has 2 aromatic rings. The highest BCUT2D eigenvalue weighted by Crippen LogP contribution is 2.00. The molecular weight excluding hydrogens is 192 g/mol. The van der Waals surface area contributed by atoms with Crippen LogP contribution in [0.4, 0.5) is 11.6 Å². The van der Waals surface area contributed by atoms with Gasteiger partial charge in [0, 0.05) is 25.5 Å². The molecule has 2 rings (SSSR count). The molecule has 0 aliphatic carbocycles. The second-order valence-corrected chi connectivity index (χ2v) is 3.05. The van der Waals surface area contributed by atoms with Crippen LogP contribution in [0.5, 0.6) is 0 Å². The van der Waals surface area contributed by atoms with E-state index in [4.69, 9.17) is 5.73 Å². The van der Waals surface area contributed by atoms with Gasteiger partial charge < -0.3 is 15.6 Å². The SMILES string of the molecule is Nc1cnc(NCCn2ccnc2)cn1. The summed E-state index contributed by atoms with van der Waals surface area (Å²) in [6, 6.07) is 0. The zero-order valence-corrected chi connectivity index (χ0v) is 8.17. The molecule has 0 amide bonds. The van der Waals surface area contributed by atoms with Crippen molar-refractivity contribution in [1.29, 1.82) is 0 Å². The Hall–Kier alpha value is -2.11. The van der Waals surface area contributed by atoms with Crippen LogP contribution >= 0.6 is 0 Å². The number of hydrogen-bond donors (Lipinski definition) is 2. The van der Waals surface area contributed by atoms with Crippen molar-refractivity contribution in [3.05, 3.63) is 31.1 Å². The molecule has 0 fully saturated rings. The van der Waals surface area contributed by atoms with E-state index >= 15 is 0 Å². The van der Waals surface area contributed by atoms with Gasteiger partial charge in [0.2, 0.25) is 0 Å². The quantitative estimate of drug-likeness (QED) is 0.751. The van der Waals surface area contributed by atoms with Gasteiger partial charge in [0.1, 0.15) is 11.6 Å². The van der Waals surface area contributed by atoms with Crippen molar-refractivity contribution in [1.82, 2.24) is 19.5 Å². The molecule has 6 nitrogen and oxygen atoms in total. The summed E-state index contributed by atoms with van der Waals surface area (Å²) in [6.45, 7) is 1.61. The van der Waals surface area contributed by atoms with Crippen LogP contribution in [0.25, 0.3) is 0 Å². The molecule has 2 heterocycles. The van der Waals surface area contributed by atoms with Crippen molar-refractivity contribution in [2.75, 3.05) is 17.6 Å². The molecule has 0 saturated heterocycles. The fourth-order valence-electron chi connectivity index (χ4n) is 1.16. The fourth-order valence-corrected chi connectivity index (χ4v) is 1.16. The van der Waals surface area contributed by atoms with Crippen molar-refractivity contribution in [3.8, 4) is 0 Å². The summed E-state index contributed by atoms with van der Waals surface area (Å²) >= 11 is 0. The van der Waals surface area contributed by atoms with Crippen molar-refractivity contribution in [2.24, 2.45) is 0 Å². The molecule has 0 spiro atoms. The third-order valence-corrected chi connectivity index (χ3v) is 1.91. The molecule has 2 aromatic heterocycles. The molecule has 0 saturated carbocycles. The predicted molar refractivity (Wildman–Crippen MR) is 57.2 cm³/mol. The Labute approximate surface area is 87.2 Å². The summed E-state index contributed by atoms with van der Waals surface area (Å²) in [5.74, 6) is 1.15. The van der Waals surface area contributed by atoms with Gasteiger partial charge in [0.25, 0.3) is 0 Å². The van der Waals surface area contributed by atoms with Gasteiger partial charge in [-0.2, -0.15) is 0 Å². The van der Waals surface area contributed by atoms with E-state index in [9.17, 15) is 0 Å². The lowest BCUT2D eigenvalue weighted by molar-refractivity contribution is 0.725. The van der Waals surface area contributed by atoms with Crippen LogP contribution in [0.2, 0.25) is 0 Å². The first-order chi connectivity index (χ1) is 7.34. The lowest BCUT2D eigenvalue weighted by Crippen LogP contribution is -2.10. The van der Waals surface area contributed by atoms with Crippen LogP contribution in [0.1, 0.15) is 0 Å². The summed E-state index contributed by atoms with van der Waals surface area (Å²) in [5, 5.41) is 3.13. The molecular formula is C9H12N6. The molecule has 0 aromatic carbocycles. The number of nitrogen functional groups attached to an aromatic ring is 1. The second-order valence-electron chi connectivity index (χ2n) is 3.05. The van der Waals surface area contributed by atoms with Gasteiger partial charge in [-0.1, -0.05) is 0 Å². The Bertz CT molecular complexity index is 393. The van der Waals surface area contributed by atoms with Crippen LogP contribution in [0.15, 0.2) is 31.1 Å². The van der Waals surface area contributed by atoms with E-state index in [0.29, 0.717) is 5.82 Å². The summed E-state index contributed by atoms with van der Waals surface area (Å²) < 4.78 is 1.98. The highest BCUT2D eigenvalue weighted by molar-refractivity contribution is 5.35. The third kappa shape index (κ3) is 2.67. The van der Waals surface area contributed by atoms with Crippen LogP contribution in [0.3, 0.4) is 0 Å². The highest BCUT2D eigenvalue weighted by atomic mass is 15.1. The van der Waals surface area contributed by atoms with Crippen molar-refractivity contribution < 1.29 is 0 Å². The summed E-state index contributed by atoms with van der Waals surface area (Å²) in [4.78, 5) is 12.0. The largest absolute Gasteiger partial charge is 0.382 e. The van der Waals surface area contributed by atoms with Crippen molar-refractivity contribution >= 4 is 11.6 Å². The van der Waals surface area contributed by atoms with Crippen LogP contribution in [-0.2, 0) is 6.54 Å². The number of imidazole rings is 1. The maximum absolute atomic E-state index is 5.42. The summed E-state index contributed by atoms with van der Waals surface area (Å²) in [7, 11) is 0. The fraction of sp³-hybridized carbons (Fsp3) is 0.222. The molecule has 78 valence electrons. The number of nitrogens with one attached hydrogen (secondary N) is 1. The molecule has 6 heteroatoms. The predicted octanol–water partition coefficient (Wildman–Crippen LogP) is 0.367. The van der Waals surface area contributed by atoms with Crippen LogP contribution < -0.4 is 11.1 Å². The van der Waals surface area contributed by atoms with E-state index in [-0.39, 0.29) is 0 Å². The average Bonchev–Trinajstić information content (AvgIpc) is 2.74. The Balaban J connectivity index is 1.81. The lowest BCUT2D eigenvalue weighted by atomic mass is 10.5. The van der Waals surface area contributed by atoms with E-state index < -0.39 is 0 Å². The number of rotatable bonds is 4. The van der Waals surface area contributed by atoms with Crippen molar-refractivity contribution in [2.45, 2.75) is 6.54 Å². The number of anilines is 2. The summed E-state index contributed by atoms with van der Waals surface area (Å²) in [6.07, 6.45) is 8.58. The number of nitrogens with two attached hydrogens (primary N) is 1. The van der Waals surface area contributed by atoms with Gasteiger partial charge in [0.05, 0.1) is 18.7 Å². The Kier molecular flexibility index (Phi) is 2.77. The van der Waals surface area contributed by atoms with Crippen LogP contribution in [-0.4, -0.2) is 26.1 Å². The Morgan fingerprint density at radius 3 is 2.93 bits per heavy atom. The first kappa shape index (κ1) is 9.45. The zero-order chi connectivity index (χ0) is 10.5. The van der Waals surface area contributed by atoms with Gasteiger partial charge >= 0.3 is 0 Å². The molecule has 0 aliphatic heterocycles. The summed E-state index contributed by atoms with van der Waals surface area (Å²) in [5.41, 5.74) is 5.42. The van der Waals surface area contributed by atoms with E-state index in [2.05, 4.69) is 20.3 Å². The molecule has 0 aliphatic rings. The number of hydrogen-bond acceptors (Lipinski definition) is 5. The first-order valence-corrected chi connectivity index (χ1v) is 4.62. The first-order valence-electron chi connectivity index (χ1n) is 4.62. The molecule has 0 unspecified atom stereocenters. The van der Waals surface area contributed by atoms with E-state index in [0.717, 1.165) is 18.9 Å². The third-order valence-electron chi connectivity index (χ3n) is 1.91. The van der Waals surface area contributed by atoms with E-state index in [1.807, 2.05) is 10.8 Å². The molecule has 0 radical (unpaired) electrons. The zero-order valence-electron chi connectivity index (χ0n) is 8.17. The Morgan fingerprint density at radius 2 is 2.27 bits per heavy atom. The van der Waals surface area contributed by atoms with Crippen molar-refractivity contribution in [3.63, 3.8) is 0 Å². The minimum Gasteiger partial charge on any atom is -0.382 e. The number of nitrogens with zero attached hydrogens (tertiary/aromatic N) is 4. The average molecular weight is 204 g/mol. The van der Waals surface area contributed by atoms with Gasteiger partial charge in [-0.25, -0.2) is 15.0 Å². The minimum atomic E-state index is 0.426. The molecule has 3 N–H and O–H groups in total. The van der Waals surface area contributed by atoms with Gasteiger partial charge in [-0.05, 0) is 0 Å². The smallest absolute Gasteiger partial charge is 0.144 e. The highest BCUT2D eigenvalue weighted by Gasteiger charge is 1.94. The normalized spacial score (nSPS) is 10.1. The van der Waals surface area contributed by atoms with Gasteiger partial charge in [0.15, 0.2) is 0 Å². The van der Waals surface area contributed by atoms with E-state index in [1.165, 1.54) is 6.20 Å². The standard InChI is InChI=1S/C9H12N6/c10-8-5-14-9(6-13-8)12-2-4-15-3-1-11-7-15/h1,3,5-7H,2,4H2,(H2,10,13)(H,12,14). The maximum atomic E-state index is 5.42. The van der Waals surface area contributed by atoms with Crippen LogP contribution in [0, 0.1) is 0 Å². The van der Waals surface area contributed by atoms with Gasteiger partial charge in [-0.3, -0.25) is 0 Å². The topological polar surface area (TPSA) is 81.6 Å². The molecule has 0 atom stereocenters. The Morgan fingerprint density at radius 1 is 1.33 bits per heavy atom. The number of aromatic nitrogens is 4. The molecule has 0 bridgehead atoms. The minimum absolute atomic E-state index is 0.426. The van der Waals surface area contributed by atoms with E-state index in [1.54, 1.807) is 18.7 Å². The second kappa shape index (κ2) is 4.41.